The van der Waals surface area contributed by atoms with Crippen molar-refractivity contribution >= 4 is 11.9 Å². The smallest absolute Gasteiger partial charge is 0.257 e. The highest BCUT2D eigenvalue weighted by Crippen LogP contribution is 2.33. The summed E-state index contributed by atoms with van der Waals surface area (Å²) in [4.78, 5) is 18.7. The van der Waals surface area contributed by atoms with Crippen LogP contribution in [0.3, 0.4) is 0 Å². The highest BCUT2D eigenvalue weighted by Gasteiger charge is 2.45. The molecule has 1 aromatic carbocycles. The van der Waals surface area contributed by atoms with Gasteiger partial charge in [-0.1, -0.05) is 26.0 Å². The van der Waals surface area contributed by atoms with Gasteiger partial charge in [-0.3, -0.25) is 9.69 Å². The number of aliphatic imine (C=N–C) groups is 1. The number of phenolic OH excluding ortho intramolecular Hbond substituents is 1. The van der Waals surface area contributed by atoms with Crippen LogP contribution in [0.25, 0.3) is 0 Å². The first-order valence-corrected chi connectivity index (χ1v) is 7.22. The van der Waals surface area contributed by atoms with Gasteiger partial charge in [-0.05, 0) is 43.9 Å². The molecule has 2 unspecified atom stereocenters. The van der Waals surface area contributed by atoms with Gasteiger partial charge in [0.2, 0.25) is 0 Å². The summed E-state index contributed by atoms with van der Waals surface area (Å²) < 4.78 is 0. The van der Waals surface area contributed by atoms with E-state index in [-0.39, 0.29) is 23.7 Å². The van der Waals surface area contributed by atoms with Crippen molar-refractivity contribution in [1.29, 1.82) is 0 Å². The number of nitrogens with two attached hydrogens (primary N) is 1. The Morgan fingerprint density at radius 1 is 1.29 bits per heavy atom. The third-order valence-corrected chi connectivity index (χ3v) is 3.86. The SMILES string of the molecule is CC(C)CC1(C)N=C(N)N(C(C)c2ccc(O)cc2)C1=O. The number of hydrogen-bond acceptors (Lipinski definition) is 4. The first-order valence-electron chi connectivity index (χ1n) is 7.22. The molecule has 1 amide bonds. The fourth-order valence-corrected chi connectivity index (χ4v) is 2.92. The van der Waals surface area contributed by atoms with Gasteiger partial charge in [-0.15, -0.1) is 0 Å². The van der Waals surface area contributed by atoms with Crippen molar-refractivity contribution in [2.45, 2.75) is 45.7 Å². The number of carbonyl (C=O) groups excluding carboxylic acids is 1. The predicted molar refractivity (Wildman–Crippen MR) is 82.9 cm³/mol. The Labute approximate surface area is 125 Å². The number of nitrogens with zero attached hydrogens (tertiary/aromatic N) is 2. The minimum absolute atomic E-state index is 0.0609. The van der Waals surface area contributed by atoms with E-state index in [0.29, 0.717) is 12.3 Å². The van der Waals surface area contributed by atoms with Crippen LogP contribution in [0.1, 0.15) is 45.7 Å². The van der Waals surface area contributed by atoms with Crippen LogP contribution in [0.4, 0.5) is 0 Å². The number of hydrogen-bond donors (Lipinski definition) is 2. The van der Waals surface area contributed by atoms with E-state index in [9.17, 15) is 9.90 Å². The van der Waals surface area contributed by atoms with Gasteiger partial charge in [0.05, 0.1) is 6.04 Å². The first-order chi connectivity index (χ1) is 9.74. The van der Waals surface area contributed by atoms with E-state index in [4.69, 9.17) is 5.73 Å². The molecule has 0 saturated carbocycles. The van der Waals surface area contributed by atoms with Gasteiger partial charge in [-0.25, -0.2) is 4.99 Å². The first kappa shape index (κ1) is 15.4. The molecule has 5 nitrogen and oxygen atoms in total. The predicted octanol–water partition coefficient (Wildman–Crippen LogP) is 2.41. The summed E-state index contributed by atoms with van der Waals surface area (Å²) in [5.41, 5.74) is 6.13. The standard InChI is InChI=1S/C16H23N3O2/c1-10(2)9-16(4)14(21)19(15(17)18-16)11(3)12-5-7-13(20)8-6-12/h5-8,10-11,20H,9H2,1-4H3,(H2,17,18). The van der Waals surface area contributed by atoms with Crippen molar-refractivity contribution in [3.05, 3.63) is 29.8 Å². The molecule has 2 rings (SSSR count). The van der Waals surface area contributed by atoms with E-state index in [1.54, 1.807) is 29.2 Å². The molecule has 0 aliphatic carbocycles. The van der Waals surface area contributed by atoms with E-state index >= 15 is 0 Å². The quantitative estimate of drug-likeness (QED) is 0.893. The summed E-state index contributed by atoms with van der Waals surface area (Å²) in [5, 5.41) is 9.36. The number of aromatic hydroxyl groups is 1. The largest absolute Gasteiger partial charge is 0.508 e. The summed E-state index contributed by atoms with van der Waals surface area (Å²) in [7, 11) is 0. The number of phenols is 1. The van der Waals surface area contributed by atoms with Crippen molar-refractivity contribution in [3.63, 3.8) is 0 Å². The van der Waals surface area contributed by atoms with Crippen LogP contribution in [0, 0.1) is 5.92 Å². The third-order valence-electron chi connectivity index (χ3n) is 3.86. The highest BCUT2D eigenvalue weighted by atomic mass is 16.3. The van der Waals surface area contributed by atoms with E-state index in [2.05, 4.69) is 18.8 Å². The Hall–Kier alpha value is -2.04. The molecule has 0 fully saturated rings. The van der Waals surface area contributed by atoms with Crippen molar-refractivity contribution in [2.75, 3.05) is 0 Å². The second kappa shape index (κ2) is 5.39. The zero-order valence-electron chi connectivity index (χ0n) is 13.0. The Balaban J connectivity index is 2.27. The van der Waals surface area contributed by atoms with Crippen LogP contribution >= 0.6 is 0 Å². The van der Waals surface area contributed by atoms with Crippen LogP contribution < -0.4 is 5.73 Å². The van der Waals surface area contributed by atoms with E-state index in [1.807, 2.05) is 13.8 Å². The number of carbonyl (C=O) groups is 1. The van der Waals surface area contributed by atoms with Crippen LogP contribution in [-0.4, -0.2) is 27.4 Å². The molecule has 0 saturated heterocycles. The maximum atomic E-state index is 12.7. The molecule has 1 heterocycles. The van der Waals surface area contributed by atoms with Gasteiger partial charge in [0.1, 0.15) is 11.3 Å². The van der Waals surface area contributed by atoms with Crippen molar-refractivity contribution < 1.29 is 9.90 Å². The summed E-state index contributed by atoms with van der Waals surface area (Å²) in [5.74, 6) is 0.766. The van der Waals surface area contributed by atoms with Gasteiger partial charge in [0, 0.05) is 0 Å². The van der Waals surface area contributed by atoms with Crippen LogP contribution in [0.15, 0.2) is 29.3 Å². The minimum Gasteiger partial charge on any atom is -0.508 e. The third kappa shape index (κ3) is 2.86. The molecule has 2 atom stereocenters. The fourth-order valence-electron chi connectivity index (χ4n) is 2.92. The molecule has 0 spiro atoms. The second-order valence-corrected chi connectivity index (χ2v) is 6.28. The van der Waals surface area contributed by atoms with Crippen LogP contribution in [-0.2, 0) is 4.79 Å². The molecule has 1 aliphatic rings. The second-order valence-electron chi connectivity index (χ2n) is 6.28. The number of amides is 1. The maximum absolute atomic E-state index is 12.7. The zero-order chi connectivity index (χ0) is 15.8. The summed E-state index contributed by atoms with van der Waals surface area (Å²) in [6.45, 7) is 7.88. The molecular weight excluding hydrogens is 266 g/mol. The van der Waals surface area contributed by atoms with Crippen molar-refractivity contribution in [3.8, 4) is 5.75 Å². The number of rotatable bonds is 4. The normalized spacial score (nSPS) is 23.6. The van der Waals surface area contributed by atoms with Gasteiger partial charge in [-0.2, -0.15) is 0 Å². The lowest BCUT2D eigenvalue weighted by molar-refractivity contribution is -0.132. The molecule has 21 heavy (non-hydrogen) atoms. The van der Waals surface area contributed by atoms with Gasteiger partial charge >= 0.3 is 0 Å². The Kier molecular flexibility index (Phi) is 3.94. The monoisotopic (exact) mass is 289 g/mol. The number of guanidine groups is 1. The molecule has 0 bridgehead atoms. The number of benzene rings is 1. The van der Waals surface area contributed by atoms with Crippen LogP contribution in [0.2, 0.25) is 0 Å². The van der Waals surface area contributed by atoms with Gasteiger partial charge < -0.3 is 10.8 Å². The average Bonchev–Trinajstić information content (AvgIpc) is 2.59. The lowest BCUT2D eigenvalue weighted by Crippen LogP contribution is -2.44. The van der Waals surface area contributed by atoms with E-state index < -0.39 is 5.54 Å². The van der Waals surface area contributed by atoms with Crippen molar-refractivity contribution in [2.24, 2.45) is 16.6 Å². The Morgan fingerprint density at radius 2 is 1.86 bits per heavy atom. The zero-order valence-corrected chi connectivity index (χ0v) is 13.0. The summed E-state index contributed by atoms with van der Waals surface area (Å²) in [6.07, 6.45) is 0.672. The fraction of sp³-hybridized carbons (Fsp3) is 0.500. The molecule has 114 valence electrons. The topological polar surface area (TPSA) is 78.9 Å². The molecule has 5 heteroatoms. The van der Waals surface area contributed by atoms with Gasteiger partial charge in [0.25, 0.3) is 5.91 Å². The summed E-state index contributed by atoms with van der Waals surface area (Å²) >= 11 is 0. The molecule has 1 aliphatic heterocycles. The average molecular weight is 289 g/mol. The maximum Gasteiger partial charge on any atom is 0.257 e. The molecular formula is C16H23N3O2. The van der Waals surface area contributed by atoms with Gasteiger partial charge in [0.15, 0.2) is 5.96 Å². The van der Waals surface area contributed by atoms with Crippen LogP contribution in [0.5, 0.6) is 5.75 Å². The molecule has 0 aromatic heterocycles. The molecule has 3 N–H and O–H groups in total. The molecule has 0 radical (unpaired) electrons. The van der Waals surface area contributed by atoms with E-state index in [1.165, 1.54) is 0 Å². The van der Waals surface area contributed by atoms with E-state index in [0.717, 1.165) is 5.56 Å². The lowest BCUT2D eigenvalue weighted by Gasteiger charge is -2.28. The minimum atomic E-state index is -0.774. The Morgan fingerprint density at radius 3 is 2.38 bits per heavy atom. The highest BCUT2D eigenvalue weighted by molar-refractivity contribution is 6.06. The summed E-state index contributed by atoms with van der Waals surface area (Å²) in [6, 6.07) is 6.58. The van der Waals surface area contributed by atoms with Crippen molar-refractivity contribution in [1.82, 2.24) is 4.90 Å². The lowest BCUT2D eigenvalue weighted by atomic mass is 9.90. The molecule has 1 aromatic rings. The Bertz CT molecular complexity index is 565.